The number of Topliss-reactive ketones (excluding diaryl/α,β-unsaturated/α-hetero) is 1. The normalized spacial score (nSPS) is 16.6. The molecule has 2 rings (SSSR count). The van der Waals surface area contributed by atoms with Crippen LogP contribution < -0.4 is 0 Å². The van der Waals surface area contributed by atoms with Gasteiger partial charge in [-0.05, 0) is 38.9 Å². The summed E-state index contributed by atoms with van der Waals surface area (Å²) in [6.45, 7) is 4.21. The highest BCUT2D eigenvalue weighted by Gasteiger charge is 2.14. The van der Waals surface area contributed by atoms with E-state index in [-0.39, 0.29) is 11.6 Å². The van der Waals surface area contributed by atoms with Crippen LogP contribution in [-0.2, 0) is 6.54 Å². The number of carbonyl (C=O) groups is 1. The Hall–Kier alpha value is -1.22. The molecule has 86 valence electrons. The van der Waals surface area contributed by atoms with Crippen molar-refractivity contribution >= 4 is 5.78 Å². The molecule has 0 bridgehead atoms. The summed E-state index contributed by atoms with van der Waals surface area (Å²) in [7, 11) is 0. The summed E-state index contributed by atoms with van der Waals surface area (Å²) in [4.78, 5) is 13.3. The molecule has 3 heteroatoms. The summed E-state index contributed by atoms with van der Waals surface area (Å²) >= 11 is 0. The number of halogens is 1. The van der Waals surface area contributed by atoms with E-state index in [0.717, 1.165) is 13.1 Å². The molecule has 1 aliphatic heterocycles. The maximum absolute atomic E-state index is 13.7. The molecule has 0 radical (unpaired) electrons. The van der Waals surface area contributed by atoms with Gasteiger partial charge in [-0.25, -0.2) is 4.39 Å². The van der Waals surface area contributed by atoms with E-state index in [0.29, 0.717) is 17.7 Å². The third-order valence-corrected chi connectivity index (χ3v) is 3.05. The number of ketones is 1. The standard InChI is InChI=1S/C13H16FNO/c1-10(16)11-4-5-12(13(14)8-11)9-15-6-2-3-7-15/h4-5,8H,2-3,6-7,9H2,1H3. The second-order valence-corrected chi connectivity index (χ2v) is 4.35. The first kappa shape index (κ1) is 11.3. The van der Waals surface area contributed by atoms with Crippen molar-refractivity contribution in [2.45, 2.75) is 26.3 Å². The van der Waals surface area contributed by atoms with Crippen molar-refractivity contribution < 1.29 is 9.18 Å². The van der Waals surface area contributed by atoms with Crippen LogP contribution >= 0.6 is 0 Å². The molecule has 1 aromatic rings. The van der Waals surface area contributed by atoms with Crippen LogP contribution in [0.4, 0.5) is 4.39 Å². The lowest BCUT2D eigenvalue weighted by molar-refractivity contribution is 0.101. The molecular formula is C13H16FNO. The molecule has 0 amide bonds. The first-order valence-corrected chi connectivity index (χ1v) is 5.68. The van der Waals surface area contributed by atoms with Crippen LogP contribution in [0.3, 0.4) is 0 Å². The zero-order chi connectivity index (χ0) is 11.5. The predicted molar refractivity (Wildman–Crippen MR) is 60.9 cm³/mol. The van der Waals surface area contributed by atoms with Crippen molar-refractivity contribution in [2.75, 3.05) is 13.1 Å². The third kappa shape index (κ3) is 2.47. The van der Waals surface area contributed by atoms with Crippen LogP contribution in [0.15, 0.2) is 18.2 Å². The molecule has 1 aliphatic rings. The molecule has 1 aromatic carbocycles. The van der Waals surface area contributed by atoms with E-state index in [1.807, 2.05) is 0 Å². The van der Waals surface area contributed by atoms with Crippen LogP contribution in [0.5, 0.6) is 0 Å². The van der Waals surface area contributed by atoms with Crippen molar-refractivity contribution in [3.05, 3.63) is 35.1 Å². The minimum atomic E-state index is -0.264. The summed E-state index contributed by atoms with van der Waals surface area (Å²) in [6.07, 6.45) is 2.40. The fraction of sp³-hybridized carbons (Fsp3) is 0.462. The van der Waals surface area contributed by atoms with E-state index < -0.39 is 0 Å². The number of rotatable bonds is 3. The zero-order valence-corrected chi connectivity index (χ0v) is 9.50. The highest BCUT2D eigenvalue weighted by molar-refractivity contribution is 5.94. The Kier molecular flexibility index (Phi) is 3.34. The Bertz CT molecular complexity index is 397. The van der Waals surface area contributed by atoms with Gasteiger partial charge in [-0.15, -0.1) is 0 Å². The molecule has 16 heavy (non-hydrogen) atoms. The Balaban J connectivity index is 2.12. The molecule has 2 nitrogen and oxygen atoms in total. The fourth-order valence-corrected chi connectivity index (χ4v) is 2.08. The second kappa shape index (κ2) is 4.74. The van der Waals surface area contributed by atoms with E-state index in [1.54, 1.807) is 12.1 Å². The minimum absolute atomic E-state index is 0.0911. The van der Waals surface area contributed by atoms with Crippen LogP contribution in [0.2, 0.25) is 0 Å². The molecule has 0 aliphatic carbocycles. The third-order valence-electron chi connectivity index (χ3n) is 3.05. The highest BCUT2D eigenvalue weighted by atomic mass is 19.1. The molecule has 0 aromatic heterocycles. The van der Waals surface area contributed by atoms with Gasteiger partial charge in [-0.1, -0.05) is 12.1 Å². The first-order chi connectivity index (χ1) is 7.66. The molecule has 1 fully saturated rings. The van der Waals surface area contributed by atoms with E-state index in [2.05, 4.69) is 4.90 Å². The number of nitrogens with zero attached hydrogens (tertiary/aromatic N) is 1. The van der Waals surface area contributed by atoms with Crippen LogP contribution in [0, 0.1) is 5.82 Å². The van der Waals surface area contributed by atoms with Gasteiger partial charge in [0.15, 0.2) is 5.78 Å². The maximum atomic E-state index is 13.7. The lowest BCUT2D eigenvalue weighted by Crippen LogP contribution is -2.19. The van der Waals surface area contributed by atoms with Crippen molar-refractivity contribution in [2.24, 2.45) is 0 Å². The molecule has 0 unspecified atom stereocenters. The van der Waals surface area contributed by atoms with Gasteiger partial charge >= 0.3 is 0 Å². The zero-order valence-electron chi connectivity index (χ0n) is 9.50. The average molecular weight is 221 g/mol. The average Bonchev–Trinajstić information content (AvgIpc) is 2.73. The molecular weight excluding hydrogens is 205 g/mol. The van der Waals surface area contributed by atoms with E-state index >= 15 is 0 Å². The smallest absolute Gasteiger partial charge is 0.159 e. The number of benzene rings is 1. The van der Waals surface area contributed by atoms with Gasteiger partial charge < -0.3 is 0 Å². The highest BCUT2D eigenvalue weighted by Crippen LogP contribution is 2.16. The Morgan fingerprint density at radius 3 is 2.62 bits per heavy atom. The molecule has 1 heterocycles. The summed E-state index contributed by atoms with van der Waals surface area (Å²) in [5.41, 5.74) is 1.13. The predicted octanol–water partition coefficient (Wildman–Crippen LogP) is 2.62. The van der Waals surface area contributed by atoms with Crippen molar-refractivity contribution in [1.29, 1.82) is 0 Å². The summed E-state index contributed by atoms with van der Waals surface area (Å²) in [6, 6.07) is 4.77. The Morgan fingerprint density at radius 1 is 1.38 bits per heavy atom. The topological polar surface area (TPSA) is 20.3 Å². The van der Waals surface area contributed by atoms with Gasteiger partial charge in [0.25, 0.3) is 0 Å². The summed E-state index contributed by atoms with van der Waals surface area (Å²) in [5, 5.41) is 0. The second-order valence-electron chi connectivity index (χ2n) is 4.35. The van der Waals surface area contributed by atoms with Gasteiger partial charge in [0.05, 0.1) is 0 Å². The summed E-state index contributed by atoms with van der Waals surface area (Å²) in [5.74, 6) is -0.355. The van der Waals surface area contributed by atoms with Gasteiger partial charge in [0.2, 0.25) is 0 Å². The Morgan fingerprint density at radius 2 is 2.06 bits per heavy atom. The first-order valence-electron chi connectivity index (χ1n) is 5.68. The summed E-state index contributed by atoms with van der Waals surface area (Å²) < 4.78 is 13.7. The van der Waals surface area contributed by atoms with Crippen LogP contribution in [0.25, 0.3) is 0 Å². The van der Waals surface area contributed by atoms with Gasteiger partial charge in [-0.2, -0.15) is 0 Å². The molecule has 0 saturated carbocycles. The monoisotopic (exact) mass is 221 g/mol. The lowest BCUT2D eigenvalue weighted by atomic mass is 10.1. The van der Waals surface area contributed by atoms with E-state index in [1.165, 1.54) is 25.8 Å². The number of hydrogen-bond donors (Lipinski definition) is 0. The molecule has 0 N–H and O–H groups in total. The lowest BCUT2D eigenvalue weighted by Gasteiger charge is -2.15. The van der Waals surface area contributed by atoms with Crippen molar-refractivity contribution in [3.8, 4) is 0 Å². The molecule has 0 atom stereocenters. The van der Waals surface area contributed by atoms with Crippen molar-refractivity contribution in [3.63, 3.8) is 0 Å². The molecule has 1 saturated heterocycles. The number of carbonyl (C=O) groups excluding carboxylic acids is 1. The van der Waals surface area contributed by atoms with Gasteiger partial charge in [-0.3, -0.25) is 9.69 Å². The minimum Gasteiger partial charge on any atom is -0.299 e. The SMILES string of the molecule is CC(=O)c1ccc(CN2CCCC2)c(F)c1. The quantitative estimate of drug-likeness (QED) is 0.731. The van der Waals surface area contributed by atoms with Gasteiger partial charge in [0, 0.05) is 17.7 Å². The largest absolute Gasteiger partial charge is 0.299 e. The maximum Gasteiger partial charge on any atom is 0.159 e. The van der Waals surface area contributed by atoms with Crippen LogP contribution in [-0.4, -0.2) is 23.8 Å². The molecule has 0 spiro atoms. The van der Waals surface area contributed by atoms with E-state index in [4.69, 9.17) is 0 Å². The van der Waals surface area contributed by atoms with E-state index in [9.17, 15) is 9.18 Å². The number of likely N-dealkylation sites (tertiary alicyclic amines) is 1. The van der Waals surface area contributed by atoms with Crippen LogP contribution in [0.1, 0.15) is 35.7 Å². The Labute approximate surface area is 95.1 Å². The fourth-order valence-electron chi connectivity index (χ4n) is 2.08. The van der Waals surface area contributed by atoms with Gasteiger partial charge in [0.1, 0.15) is 5.82 Å². The number of hydrogen-bond acceptors (Lipinski definition) is 2. The van der Waals surface area contributed by atoms with Crippen molar-refractivity contribution in [1.82, 2.24) is 4.90 Å².